The van der Waals surface area contributed by atoms with Gasteiger partial charge in [0.25, 0.3) is 0 Å². The first-order chi connectivity index (χ1) is 8.15. The van der Waals surface area contributed by atoms with Gasteiger partial charge in [0.15, 0.2) is 0 Å². The summed E-state index contributed by atoms with van der Waals surface area (Å²) in [5, 5.41) is 7.28. The van der Waals surface area contributed by atoms with Crippen molar-refractivity contribution < 1.29 is 0 Å². The van der Waals surface area contributed by atoms with Crippen molar-refractivity contribution in [3.8, 4) is 0 Å². The summed E-state index contributed by atoms with van der Waals surface area (Å²) >= 11 is 11.1. The number of nitrogens with zero attached hydrogens (tertiary/aromatic N) is 1. The van der Waals surface area contributed by atoms with Crippen LogP contribution in [0.3, 0.4) is 0 Å². The number of benzene rings is 1. The van der Waals surface area contributed by atoms with Crippen molar-refractivity contribution in [1.82, 2.24) is 10.3 Å². The van der Waals surface area contributed by atoms with E-state index in [1.807, 2.05) is 19.1 Å². The second kappa shape index (κ2) is 5.96. The molecule has 0 saturated heterocycles. The Morgan fingerprint density at radius 3 is 2.88 bits per heavy atom. The number of halogens is 2. The minimum Gasteiger partial charge on any atom is -0.306 e. The van der Waals surface area contributed by atoms with E-state index in [4.69, 9.17) is 11.6 Å². The summed E-state index contributed by atoms with van der Waals surface area (Å²) in [6.07, 6.45) is 0. The second-order valence-electron chi connectivity index (χ2n) is 3.73. The van der Waals surface area contributed by atoms with Crippen LogP contribution < -0.4 is 5.32 Å². The summed E-state index contributed by atoms with van der Waals surface area (Å²) in [6, 6.07) is 5.98. The highest BCUT2D eigenvalue weighted by molar-refractivity contribution is 9.10. The first kappa shape index (κ1) is 13.0. The molecule has 2 rings (SSSR count). The summed E-state index contributed by atoms with van der Waals surface area (Å²) in [5.74, 6) is 0. The lowest BCUT2D eigenvalue weighted by Crippen LogP contribution is -2.12. The highest BCUT2D eigenvalue weighted by Gasteiger charge is 2.01. The Morgan fingerprint density at radius 2 is 2.24 bits per heavy atom. The Balaban J connectivity index is 1.87. The molecule has 1 heterocycles. The van der Waals surface area contributed by atoms with Crippen molar-refractivity contribution in [2.75, 3.05) is 0 Å². The van der Waals surface area contributed by atoms with E-state index in [0.29, 0.717) is 0 Å². The highest BCUT2D eigenvalue weighted by atomic mass is 79.9. The average Bonchev–Trinajstić information content (AvgIpc) is 2.70. The maximum Gasteiger partial charge on any atom is 0.107 e. The van der Waals surface area contributed by atoms with Gasteiger partial charge in [-0.3, -0.25) is 0 Å². The lowest BCUT2D eigenvalue weighted by molar-refractivity contribution is 0.689. The lowest BCUT2D eigenvalue weighted by atomic mass is 10.2. The van der Waals surface area contributed by atoms with Crippen molar-refractivity contribution >= 4 is 38.9 Å². The van der Waals surface area contributed by atoms with Gasteiger partial charge in [0.1, 0.15) is 5.01 Å². The molecule has 0 aliphatic heterocycles. The molecule has 0 spiro atoms. The number of thiazole rings is 1. The second-order valence-corrected chi connectivity index (χ2v) is 5.94. The molecule has 17 heavy (non-hydrogen) atoms. The number of hydrogen-bond acceptors (Lipinski definition) is 3. The zero-order valence-electron chi connectivity index (χ0n) is 9.34. The van der Waals surface area contributed by atoms with E-state index < -0.39 is 0 Å². The molecule has 0 bridgehead atoms. The Morgan fingerprint density at radius 1 is 1.41 bits per heavy atom. The van der Waals surface area contributed by atoms with Crippen molar-refractivity contribution in [3.05, 3.63) is 49.3 Å². The van der Waals surface area contributed by atoms with Gasteiger partial charge in [-0.05, 0) is 40.5 Å². The lowest BCUT2D eigenvalue weighted by Gasteiger charge is -2.04. The zero-order chi connectivity index (χ0) is 12.3. The number of nitrogens with one attached hydrogen (secondary N) is 1. The maximum absolute atomic E-state index is 6.03. The largest absolute Gasteiger partial charge is 0.306 e. The molecule has 1 N–H and O–H groups in total. The molecular formula is C12H12BrClN2S. The molecule has 1 aromatic heterocycles. The summed E-state index contributed by atoms with van der Waals surface area (Å²) in [7, 11) is 0. The normalized spacial score (nSPS) is 10.8. The van der Waals surface area contributed by atoms with Crippen LogP contribution in [0.15, 0.2) is 28.1 Å². The van der Waals surface area contributed by atoms with Gasteiger partial charge < -0.3 is 5.32 Å². The zero-order valence-corrected chi connectivity index (χ0v) is 12.5. The van der Waals surface area contributed by atoms with E-state index in [9.17, 15) is 0 Å². The van der Waals surface area contributed by atoms with Crippen LogP contribution in [-0.4, -0.2) is 4.98 Å². The van der Waals surface area contributed by atoms with E-state index in [-0.39, 0.29) is 0 Å². The van der Waals surface area contributed by atoms with Crippen LogP contribution in [0.4, 0.5) is 0 Å². The first-order valence-corrected chi connectivity index (χ1v) is 7.26. The van der Waals surface area contributed by atoms with Gasteiger partial charge in [0.05, 0.1) is 5.02 Å². The van der Waals surface area contributed by atoms with Crippen molar-refractivity contribution in [1.29, 1.82) is 0 Å². The van der Waals surface area contributed by atoms with Gasteiger partial charge in [0, 0.05) is 28.6 Å². The van der Waals surface area contributed by atoms with Crippen LogP contribution in [0.2, 0.25) is 5.02 Å². The van der Waals surface area contributed by atoms with Crippen LogP contribution in [-0.2, 0) is 13.1 Å². The van der Waals surface area contributed by atoms with E-state index in [2.05, 4.69) is 37.7 Å². The SMILES string of the molecule is Cc1csc(CNCc2ccc(Br)c(Cl)c2)n1. The molecule has 0 fully saturated rings. The topological polar surface area (TPSA) is 24.9 Å². The summed E-state index contributed by atoms with van der Waals surface area (Å²) in [5.41, 5.74) is 2.25. The molecule has 90 valence electrons. The number of hydrogen-bond donors (Lipinski definition) is 1. The van der Waals surface area contributed by atoms with E-state index in [0.717, 1.165) is 33.3 Å². The number of aryl methyl sites for hydroxylation is 1. The van der Waals surface area contributed by atoms with Gasteiger partial charge in [-0.15, -0.1) is 11.3 Å². The van der Waals surface area contributed by atoms with Gasteiger partial charge in [-0.2, -0.15) is 0 Å². The van der Waals surface area contributed by atoms with E-state index in [1.54, 1.807) is 11.3 Å². The van der Waals surface area contributed by atoms with Crippen LogP contribution >= 0.6 is 38.9 Å². The average molecular weight is 332 g/mol. The molecule has 2 nitrogen and oxygen atoms in total. The van der Waals surface area contributed by atoms with Gasteiger partial charge in [-0.25, -0.2) is 4.98 Å². The van der Waals surface area contributed by atoms with Gasteiger partial charge >= 0.3 is 0 Å². The smallest absolute Gasteiger partial charge is 0.107 e. The monoisotopic (exact) mass is 330 g/mol. The van der Waals surface area contributed by atoms with E-state index in [1.165, 1.54) is 5.56 Å². The highest BCUT2D eigenvalue weighted by Crippen LogP contribution is 2.23. The summed E-state index contributed by atoms with van der Waals surface area (Å²) in [6.45, 7) is 3.60. The third-order valence-electron chi connectivity index (χ3n) is 2.26. The molecule has 0 saturated carbocycles. The first-order valence-electron chi connectivity index (χ1n) is 5.21. The third-order valence-corrected chi connectivity index (χ3v) is 4.46. The number of rotatable bonds is 4. The van der Waals surface area contributed by atoms with Crippen LogP contribution in [0, 0.1) is 6.92 Å². The third kappa shape index (κ3) is 3.78. The van der Waals surface area contributed by atoms with Gasteiger partial charge in [0.2, 0.25) is 0 Å². The standard InChI is InChI=1S/C12H12BrClN2S/c1-8-7-17-12(16-8)6-15-5-9-2-3-10(13)11(14)4-9/h2-4,7,15H,5-6H2,1H3. The van der Waals surface area contributed by atoms with Crippen LogP contribution in [0.5, 0.6) is 0 Å². The predicted molar refractivity (Wildman–Crippen MR) is 76.5 cm³/mol. The molecule has 0 radical (unpaired) electrons. The Bertz CT molecular complexity index is 513. The maximum atomic E-state index is 6.03. The molecule has 0 amide bonds. The van der Waals surface area contributed by atoms with Crippen molar-refractivity contribution in [3.63, 3.8) is 0 Å². The predicted octanol–water partition coefficient (Wildman–Crippen LogP) is 4.16. The molecule has 0 unspecified atom stereocenters. The Labute approximate surface area is 118 Å². The fraction of sp³-hybridized carbons (Fsp3) is 0.250. The van der Waals surface area contributed by atoms with Gasteiger partial charge in [-0.1, -0.05) is 17.7 Å². The molecule has 2 aromatic rings. The Kier molecular flexibility index (Phi) is 4.56. The minimum absolute atomic E-state index is 0.745. The molecule has 1 aromatic carbocycles. The molecule has 5 heteroatoms. The van der Waals surface area contributed by atoms with E-state index >= 15 is 0 Å². The molecule has 0 aliphatic carbocycles. The van der Waals surface area contributed by atoms with Crippen molar-refractivity contribution in [2.24, 2.45) is 0 Å². The quantitative estimate of drug-likeness (QED) is 0.910. The summed E-state index contributed by atoms with van der Waals surface area (Å²) in [4.78, 5) is 4.40. The van der Waals surface area contributed by atoms with Crippen molar-refractivity contribution in [2.45, 2.75) is 20.0 Å². The van der Waals surface area contributed by atoms with Crippen LogP contribution in [0.25, 0.3) is 0 Å². The minimum atomic E-state index is 0.745. The Hall–Kier alpha value is -0.420. The fourth-order valence-corrected chi connectivity index (χ4v) is 2.64. The molecular weight excluding hydrogens is 320 g/mol. The fourth-order valence-electron chi connectivity index (χ4n) is 1.45. The number of aromatic nitrogens is 1. The summed E-state index contributed by atoms with van der Waals surface area (Å²) < 4.78 is 0.929. The van der Waals surface area contributed by atoms with Crippen LogP contribution in [0.1, 0.15) is 16.3 Å². The molecule has 0 atom stereocenters. The molecule has 0 aliphatic rings.